The van der Waals surface area contributed by atoms with Crippen LogP contribution in [-0.2, 0) is 0 Å². The van der Waals surface area contributed by atoms with Gasteiger partial charge in [-0.15, -0.1) is 0 Å². The number of nitrogens with one attached hydrogen (secondary N) is 1. The van der Waals surface area contributed by atoms with E-state index in [4.69, 9.17) is 0 Å². The minimum atomic E-state index is 0.739. The van der Waals surface area contributed by atoms with Crippen LogP contribution in [-0.4, -0.2) is 24.6 Å². The van der Waals surface area contributed by atoms with Crippen LogP contribution in [0.15, 0.2) is 0 Å². The predicted molar refractivity (Wildman–Crippen MR) is 71.7 cm³/mol. The smallest absolute Gasteiger partial charge is 0.0155 e. The van der Waals surface area contributed by atoms with Gasteiger partial charge in [0.05, 0.1) is 0 Å². The summed E-state index contributed by atoms with van der Waals surface area (Å²) in [5, 5.41) is 3.75. The van der Waals surface area contributed by atoms with Crippen molar-refractivity contribution in [1.29, 1.82) is 0 Å². The van der Waals surface area contributed by atoms with Crippen molar-refractivity contribution in [2.45, 2.75) is 57.9 Å². The zero-order chi connectivity index (χ0) is 10.9. The molecule has 1 N–H and O–H groups in total. The van der Waals surface area contributed by atoms with Crippen molar-refractivity contribution in [1.82, 2.24) is 5.32 Å². The van der Waals surface area contributed by atoms with Crippen LogP contribution < -0.4 is 5.32 Å². The molecule has 1 rings (SSSR count). The highest BCUT2D eigenvalue weighted by Gasteiger charge is 2.13. The molecule has 0 radical (unpaired) electrons. The second-order valence-electron chi connectivity index (χ2n) is 4.83. The van der Waals surface area contributed by atoms with Gasteiger partial charge in [-0.05, 0) is 38.0 Å². The molecule has 2 heteroatoms. The maximum Gasteiger partial charge on any atom is 0.0155 e. The summed E-state index contributed by atoms with van der Waals surface area (Å²) in [5.41, 5.74) is 0. The van der Waals surface area contributed by atoms with Crippen LogP contribution in [0.2, 0.25) is 0 Å². The normalized spacial score (nSPS) is 21.2. The number of hydrogen-bond donors (Lipinski definition) is 1. The molecule has 0 spiro atoms. The van der Waals surface area contributed by atoms with Gasteiger partial charge in [-0.3, -0.25) is 0 Å². The standard InChI is InChI=1S/C13H27NS/c1-3-13(11-15-2)14-10-12-8-6-4-5-7-9-12/h12-14H,3-11H2,1-2H3. The number of rotatable bonds is 6. The highest BCUT2D eigenvalue weighted by atomic mass is 32.2. The summed E-state index contributed by atoms with van der Waals surface area (Å²) in [4.78, 5) is 0. The molecule has 1 unspecified atom stereocenters. The van der Waals surface area contributed by atoms with Crippen LogP contribution >= 0.6 is 11.8 Å². The lowest BCUT2D eigenvalue weighted by Gasteiger charge is -2.20. The van der Waals surface area contributed by atoms with Crippen molar-refractivity contribution in [2.24, 2.45) is 5.92 Å². The molecule has 1 atom stereocenters. The van der Waals surface area contributed by atoms with E-state index in [0.717, 1.165) is 12.0 Å². The van der Waals surface area contributed by atoms with Gasteiger partial charge < -0.3 is 5.32 Å². The van der Waals surface area contributed by atoms with Gasteiger partial charge in [0, 0.05) is 11.8 Å². The van der Waals surface area contributed by atoms with E-state index in [-0.39, 0.29) is 0 Å². The van der Waals surface area contributed by atoms with Gasteiger partial charge in [-0.2, -0.15) is 11.8 Å². The molecule has 15 heavy (non-hydrogen) atoms. The fourth-order valence-electron chi connectivity index (χ4n) is 2.42. The summed E-state index contributed by atoms with van der Waals surface area (Å²) in [7, 11) is 0. The minimum absolute atomic E-state index is 0.739. The highest BCUT2D eigenvalue weighted by Crippen LogP contribution is 2.22. The monoisotopic (exact) mass is 229 g/mol. The maximum absolute atomic E-state index is 3.75. The quantitative estimate of drug-likeness (QED) is 0.697. The first-order chi connectivity index (χ1) is 7.36. The molecule has 1 aliphatic carbocycles. The molecule has 90 valence electrons. The van der Waals surface area contributed by atoms with Crippen LogP contribution in [0, 0.1) is 5.92 Å². The van der Waals surface area contributed by atoms with Gasteiger partial charge in [-0.1, -0.05) is 32.6 Å². The summed E-state index contributed by atoms with van der Waals surface area (Å²) in [5.74, 6) is 2.23. The maximum atomic E-state index is 3.75. The molecule has 1 nitrogen and oxygen atoms in total. The Balaban J connectivity index is 2.15. The Morgan fingerprint density at radius 3 is 2.40 bits per heavy atom. The van der Waals surface area contributed by atoms with Gasteiger partial charge >= 0.3 is 0 Å². The van der Waals surface area contributed by atoms with Crippen LogP contribution in [0.4, 0.5) is 0 Å². The van der Waals surface area contributed by atoms with Crippen molar-refractivity contribution in [3.8, 4) is 0 Å². The number of thioether (sulfide) groups is 1. The van der Waals surface area contributed by atoms with E-state index in [1.54, 1.807) is 0 Å². The first-order valence-electron chi connectivity index (χ1n) is 6.59. The van der Waals surface area contributed by atoms with E-state index in [1.165, 1.54) is 57.2 Å². The second kappa shape index (κ2) is 8.46. The van der Waals surface area contributed by atoms with Crippen molar-refractivity contribution >= 4 is 11.8 Å². The van der Waals surface area contributed by atoms with Crippen molar-refractivity contribution in [2.75, 3.05) is 18.6 Å². The molecular weight excluding hydrogens is 202 g/mol. The molecule has 0 bridgehead atoms. The Labute approximate surface area is 99.8 Å². The first-order valence-corrected chi connectivity index (χ1v) is 7.98. The van der Waals surface area contributed by atoms with Crippen molar-refractivity contribution < 1.29 is 0 Å². The van der Waals surface area contributed by atoms with Gasteiger partial charge in [0.2, 0.25) is 0 Å². The fourth-order valence-corrected chi connectivity index (χ4v) is 3.18. The molecule has 0 heterocycles. The molecule has 0 aromatic carbocycles. The second-order valence-corrected chi connectivity index (χ2v) is 5.74. The first kappa shape index (κ1) is 13.4. The Morgan fingerprint density at radius 1 is 1.20 bits per heavy atom. The Bertz CT molecular complexity index is 141. The zero-order valence-electron chi connectivity index (χ0n) is 10.4. The van der Waals surface area contributed by atoms with Gasteiger partial charge in [0.1, 0.15) is 0 Å². The summed E-state index contributed by atoms with van der Waals surface area (Å²) in [6.45, 7) is 3.56. The summed E-state index contributed by atoms with van der Waals surface area (Å²) >= 11 is 1.96. The number of hydrogen-bond acceptors (Lipinski definition) is 2. The van der Waals surface area contributed by atoms with E-state index in [1.807, 2.05) is 11.8 Å². The van der Waals surface area contributed by atoms with Gasteiger partial charge in [-0.25, -0.2) is 0 Å². The van der Waals surface area contributed by atoms with Crippen LogP contribution in [0.3, 0.4) is 0 Å². The third-order valence-electron chi connectivity index (χ3n) is 3.53. The summed E-state index contributed by atoms with van der Waals surface area (Å²) in [6, 6.07) is 0.739. The van der Waals surface area contributed by atoms with Gasteiger partial charge in [0.25, 0.3) is 0 Å². The lowest BCUT2D eigenvalue weighted by atomic mass is 10.00. The lowest BCUT2D eigenvalue weighted by Crippen LogP contribution is -2.34. The average Bonchev–Trinajstić information content (AvgIpc) is 2.52. The minimum Gasteiger partial charge on any atom is -0.313 e. The van der Waals surface area contributed by atoms with E-state index in [0.29, 0.717) is 0 Å². The lowest BCUT2D eigenvalue weighted by molar-refractivity contribution is 0.397. The largest absolute Gasteiger partial charge is 0.313 e. The van der Waals surface area contributed by atoms with E-state index < -0.39 is 0 Å². The van der Waals surface area contributed by atoms with E-state index in [9.17, 15) is 0 Å². The highest BCUT2D eigenvalue weighted by molar-refractivity contribution is 7.98. The molecule has 0 aromatic heterocycles. The fraction of sp³-hybridized carbons (Fsp3) is 1.00. The molecule has 0 aliphatic heterocycles. The summed E-state index contributed by atoms with van der Waals surface area (Å²) in [6.07, 6.45) is 12.3. The molecule has 1 fully saturated rings. The zero-order valence-corrected chi connectivity index (χ0v) is 11.2. The van der Waals surface area contributed by atoms with Crippen LogP contribution in [0.5, 0.6) is 0 Å². The Hall–Kier alpha value is 0.310. The predicted octanol–water partition coefficient (Wildman–Crippen LogP) is 3.69. The SMILES string of the molecule is CCC(CSC)NCC1CCCCCC1. The molecular formula is C13H27NS. The van der Waals surface area contributed by atoms with Crippen molar-refractivity contribution in [3.63, 3.8) is 0 Å². The Morgan fingerprint density at radius 2 is 1.87 bits per heavy atom. The molecule has 0 saturated heterocycles. The molecule has 1 aliphatic rings. The third-order valence-corrected chi connectivity index (χ3v) is 4.27. The molecule has 0 aromatic rings. The van der Waals surface area contributed by atoms with Crippen molar-refractivity contribution in [3.05, 3.63) is 0 Å². The van der Waals surface area contributed by atoms with E-state index in [2.05, 4.69) is 18.5 Å². The molecule has 0 amide bonds. The Kier molecular flexibility index (Phi) is 7.54. The average molecular weight is 229 g/mol. The van der Waals surface area contributed by atoms with Crippen LogP contribution in [0.1, 0.15) is 51.9 Å². The third kappa shape index (κ3) is 5.82. The summed E-state index contributed by atoms with van der Waals surface area (Å²) < 4.78 is 0. The van der Waals surface area contributed by atoms with Crippen LogP contribution in [0.25, 0.3) is 0 Å². The van der Waals surface area contributed by atoms with E-state index >= 15 is 0 Å². The topological polar surface area (TPSA) is 12.0 Å². The molecule has 1 saturated carbocycles. The van der Waals surface area contributed by atoms with Gasteiger partial charge in [0.15, 0.2) is 0 Å².